The predicted molar refractivity (Wildman–Crippen MR) is 73.0 cm³/mol. The highest BCUT2D eigenvalue weighted by molar-refractivity contribution is 8.00. The minimum absolute atomic E-state index is 0.231. The lowest BCUT2D eigenvalue weighted by atomic mass is 10.1. The zero-order valence-electron chi connectivity index (χ0n) is 10.5. The smallest absolute Gasteiger partial charge is 0.233 e. The highest BCUT2D eigenvalue weighted by Crippen LogP contribution is 2.38. The summed E-state index contributed by atoms with van der Waals surface area (Å²) in [6.45, 7) is 5.14. The molecule has 0 N–H and O–H groups in total. The van der Waals surface area contributed by atoms with Crippen molar-refractivity contribution >= 4 is 17.7 Å². The molecule has 17 heavy (non-hydrogen) atoms. The normalized spacial score (nSPS) is 20.0. The van der Waals surface area contributed by atoms with E-state index in [4.69, 9.17) is 0 Å². The molecule has 1 atom stereocenters. The Kier molecular flexibility index (Phi) is 4.11. The van der Waals surface area contributed by atoms with Crippen molar-refractivity contribution in [3.05, 3.63) is 35.4 Å². The van der Waals surface area contributed by atoms with Crippen LogP contribution in [0.3, 0.4) is 0 Å². The number of rotatable bonds is 4. The topological polar surface area (TPSA) is 20.3 Å². The summed E-state index contributed by atoms with van der Waals surface area (Å²) < 4.78 is 0. The quantitative estimate of drug-likeness (QED) is 0.815. The van der Waals surface area contributed by atoms with Gasteiger partial charge in [-0.3, -0.25) is 4.79 Å². The first-order valence-electron chi connectivity index (χ1n) is 6.20. The molecule has 3 heteroatoms. The van der Waals surface area contributed by atoms with Crippen molar-refractivity contribution in [2.24, 2.45) is 0 Å². The van der Waals surface area contributed by atoms with Crippen LogP contribution in [0.1, 0.15) is 36.3 Å². The van der Waals surface area contributed by atoms with Crippen LogP contribution in [-0.4, -0.2) is 23.1 Å². The number of amides is 1. The monoisotopic (exact) mass is 249 g/mol. The van der Waals surface area contributed by atoms with Crippen LogP contribution >= 0.6 is 11.8 Å². The maximum atomic E-state index is 11.8. The number of unbranched alkanes of at least 4 members (excludes halogenated alkanes) is 1. The third-order valence-electron chi connectivity index (χ3n) is 3.08. The van der Waals surface area contributed by atoms with Gasteiger partial charge in [0.05, 0.1) is 5.75 Å². The average molecular weight is 249 g/mol. The highest BCUT2D eigenvalue weighted by atomic mass is 32.2. The second-order valence-electron chi connectivity index (χ2n) is 4.51. The van der Waals surface area contributed by atoms with E-state index in [0.29, 0.717) is 5.75 Å². The summed E-state index contributed by atoms with van der Waals surface area (Å²) in [5, 5.41) is 0.231. The first kappa shape index (κ1) is 12.5. The number of carbonyl (C=O) groups is 1. The second-order valence-corrected chi connectivity index (χ2v) is 5.58. The van der Waals surface area contributed by atoms with Gasteiger partial charge in [0.2, 0.25) is 5.91 Å². The van der Waals surface area contributed by atoms with Crippen LogP contribution in [0.15, 0.2) is 24.3 Å². The van der Waals surface area contributed by atoms with Crippen LogP contribution in [-0.2, 0) is 4.79 Å². The molecular formula is C14H19NOS. The van der Waals surface area contributed by atoms with E-state index < -0.39 is 0 Å². The lowest BCUT2D eigenvalue weighted by Crippen LogP contribution is -2.29. The van der Waals surface area contributed by atoms with E-state index in [0.717, 1.165) is 19.4 Å². The lowest BCUT2D eigenvalue weighted by molar-refractivity contribution is -0.128. The first-order chi connectivity index (χ1) is 8.22. The fourth-order valence-electron chi connectivity index (χ4n) is 2.03. The molecule has 2 nitrogen and oxygen atoms in total. The molecule has 1 fully saturated rings. The summed E-state index contributed by atoms with van der Waals surface area (Å²) in [5.74, 6) is 0.913. The summed E-state index contributed by atoms with van der Waals surface area (Å²) in [6, 6.07) is 8.53. The zero-order valence-corrected chi connectivity index (χ0v) is 11.3. The molecule has 1 saturated heterocycles. The summed E-state index contributed by atoms with van der Waals surface area (Å²) in [4.78, 5) is 13.9. The van der Waals surface area contributed by atoms with Gasteiger partial charge in [-0.1, -0.05) is 43.2 Å². The van der Waals surface area contributed by atoms with Crippen LogP contribution in [0.4, 0.5) is 0 Å². The van der Waals surface area contributed by atoms with Crippen LogP contribution < -0.4 is 0 Å². The van der Waals surface area contributed by atoms with Gasteiger partial charge < -0.3 is 4.90 Å². The molecule has 1 aliphatic rings. The molecule has 0 radical (unpaired) electrons. The van der Waals surface area contributed by atoms with Crippen molar-refractivity contribution in [2.75, 3.05) is 12.3 Å². The van der Waals surface area contributed by atoms with Gasteiger partial charge in [-0.15, -0.1) is 11.8 Å². The number of nitrogens with zero attached hydrogens (tertiary/aromatic N) is 1. The standard InChI is InChI=1S/C14H19NOS/c1-3-4-9-15-13(16)10-17-14(15)12-7-5-11(2)6-8-12/h5-8,14H,3-4,9-10H2,1-2H3. The number of thioether (sulfide) groups is 1. The van der Waals surface area contributed by atoms with E-state index in [1.165, 1.54) is 11.1 Å². The van der Waals surface area contributed by atoms with Gasteiger partial charge in [0.1, 0.15) is 5.37 Å². The summed E-state index contributed by atoms with van der Waals surface area (Å²) in [7, 11) is 0. The van der Waals surface area contributed by atoms with Crippen molar-refractivity contribution in [1.29, 1.82) is 0 Å². The number of hydrogen-bond donors (Lipinski definition) is 0. The third kappa shape index (κ3) is 2.83. The maximum absolute atomic E-state index is 11.8. The van der Waals surface area contributed by atoms with Gasteiger partial charge in [0, 0.05) is 6.54 Å². The zero-order chi connectivity index (χ0) is 12.3. The molecule has 0 saturated carbocycles. The number of aryl methyl sites for hydroxylation is 1. The number of hydrogen-bond acceptors (Lipinski definition) is 2. The highest BCUT2D eigenvalue weighted by Gasteiger charge is 2.31. The molecule has 0 spiro atoms. The summed E-state index contributed by atoms with van der Waals surface area (Å²) >= 11 is 1.74. The van der Waals surface area contributed by atoms with Gasteiger partial charge in [-0.25, -0.2) is 0 Å². The van der Waals surface area contributed by atoms with E-state index in [9.17, 15) is 4.79 Å². The molecule has 1 aliphatic heterocycles. The van der Waals surface area contributed by atoms with Crippen LogP contribution in [0.25, 0.3) is 0 Å². The van der Waals surface area contributed by atoms with E-state index in [1.807, 2.05) is 4.90 Å². The Hall–Kier alpha value is -0.960. The molecule has 2 rings (SSSR count). The third-order valence-corrected chi connectivity index (χ3v) is 4.34. The number of carbonyl (C=O) groups excluding carboxylic acids is 1. The van der Waals surface area contributed by atoms with E-state index >= 15 is 0 Å². The molecule has 0 aromatic heterocycles. The molecule has 1 amide bonds. The largest absolute Gasteiger partial charge is 0.326 e. The average Bonchev–Trinajstić information content (AvgIpc) is 2.69. The molecule has 1 aromatic carbocycles. The van der Waals surface area contributed by atoms with Crippen molar-refractivity contribution in [1.82, 2.24) is 4.90 Å². The van der Waals surface area contributed by atoms with Crippen LogP contribution in [0.5, 0.6) is 0 Å². The van der Waals surface area contributed by atoms with Gasteiger partial charge in [0.15, 0.2) is 0 Å². The van der Waals surface area contributed by atoms with Crippen LogP contribution in [0.2, 0.25) is 0 Å². The lowest BCUT2D eigenvalue weighted by Gasteiger charge is -2.24. The van der Waals surface area contributed by atoms with E-state index in [2.05, 4.69) is 38.1 Å². The molecule has 1 unspecified atom stereocenters. The van der Waals surface area contributed by atoms with Gasteiger partial charge in [-0.2, -0.15) is 0 Å². The minimum Gasteiger partial charge on any atom is -0.326 e. The van der Waals surface area contributed by atoms with E-state index in [-0.39, 0.29) is 11.3 Å². The Labute approximate surface area is 107 Å². The van der Waals surface area contributed by atoms with Crippen LogP contribution in [0, 0.1) is 6.92 Å². The fraction of sp³-hybridized carbons (Fsp3) is 0.500. The molecule has 1 aromatic rings. The van der Waals surface area contributed by atoms with Crippen molar-refractivity contribution in [2.45, 2.75) is 32.1 Å². The Bertz CT molecular complexity index is 388. The number of benzene rings is 1. The summed E-state index contributed by atoms with van der Waals surface area (Å²) in [5.41, 5.74) is 2.52. The first-order valence-corrected chi connectivity index (χ1v) is 7.25. The van der Waals surface area contributed by atoms with Crippen molar-refractivity contribution in [3.63, 3.8) is 0 Å². The molecular weight excluding hydrogens is 230 g/mol. The van der Waals surface area contributed by atoms with Gasteiger partial charge in [0.25, 0.3) is 0 Å². The molecule has 92 valence electrons. The second kappa shape index (κ2) is 5.58. The molecule has 0 bridgehead atoms. The minimum atomic E-state index is 0.231. The fourth-order valence-corrected chi connectivity index (χ4v) is 3.25. The van der Waals surface area contributed by atoms with Gasteiger partial charge >= 0.3 is 0 Å². The summed E-state index contributed by atoms with van der Waals surface area (Å²) in [6.07, 6.45) is 2.23. The Balaban J connectivity index is 2.13. The Morgan fingerprint density at radius 2 is 2.06 bits per heavy atom. The Morgan fingerprint density at radius 1 is 1.35 bits per heavy atom. The van der Waals surface area contributed by atoms with Crippen molar-refractivity contribution in [3.8, 4) is 0 Å². The Morgan fingerprint density at radius 3 is 2.71 bits per heavy atom. The maximum Gasteiger partial charge on any atom is 0.233 e. The molecule has 1 heterocycles. The van der Waals surface area contributed by atoms with E-state index in [1.54, 1.807) is 11.8 Å². The van der Waals surface area contributed by atoms with Crippen molar-refractivity contribution < 1.29 is 4.79 Å². The van der Waals surface area contributed by atoms with Gasteiger partial charge in [-0.05, 0) is 18.9 Å². The SMILES string of the molecule is CCCCN1C(=O)CSC1c1ccc(C)cc1. The predicted octanol–water partition coefficient (Wildman–Crippen LogP) is 3.37. The molecule has 0 aliphatic carbocycles.